The van der Waals surface area contributed by atoms with Gasteiger partial charge in [-0.05, 0) is 61.2 Å². The topological polar surface area (TPSA) is 67.4 Å². The third kappa shape index (κ3) is 4.80. The van der Waals surface area contributed by atoms with Crippen molar-refractivity contribution in [2.45, 2.75) is 32.8 Å². The number of nitrogens with one attached hydrogen (secondary N) is 2. The van der Waals surface area contributed by atoms with E-state index in [0.29, 0.717) is 42.5 Å². The van der Waals surface area contributed by atoms with Crippen molar-refractivity contribution in [3.63, 3.8) is 0 Å². The van der Waals surface area contributed by atoms with E-state index in [0.717, 1.165) is 12.0 Å². The lowest BCUT2D eigenvalue weighted by Crippen LogP contribution is -2.40. The number of anilines is 1. The van der Waals surface area contributed by atoms with Crippen LogP contribution in [0.25, 0.3) is 0 Å². The summed E-state index contributed by atoms with van der Waals surface area (Å²) in [6, 6.07) is 14.6. The summed E-state index contributed by atoms with van der Waals surface area (Å²) in [5.74, 6) is 0.278. The maximum atomic E-state index is 12.5. The molecule has 0 bridgehead atoms. The minimum atomic E-state index is -0.904. The van der Waals surface area contributed by atoms with Gasteiger partial charge in [-0.15, -0.1) is 0 Å². The van der Waals surface area contributed by atoms with Crippen molar-refractivity contribution in [3.8, 4) is 5.75 Å². The van der Waals surface area contributed by atoms with Crippen LogP contribution >= 0.6 is 11.6 Å². The fraction of sp³-hybridized carbons (Fsp3) is 0.333. The molecule has 1 fully saturated rings. The van der Waals surface area contributed by atoms with E-state index in [1.807, 2.05) is 31.2 Å². The van der Waals surface area contributed by atoms with Gasteiger partial charge in [0.25, 0.3) is 0 Å². The van der Waals surface area contributed by atoms with Crippen LogP contribution in [-0.2, 0) is 16.2 Å². The monoisotopic (exact) mass is 386 g/mol. The largest absolute Gasteiger partial charge is 0.489 e. The van der Waals surface area contributed by atoms with Gasteiger partial charge in [-0.3, -0.25) is 9.59 Å². The quantitative estimate of drug-likeness (QED) is 0.669. The normalized spacial score (nSPS) is 14.3. The molecule has 1 saturated carbocycles. The number of hydrogen-bond acceptors (Lipinski definition) is 3. The molecule has 0 heterocycles. The molecule has 142 valence electrons. The van der Waals surface area contributed by atoms with Crippen molar-refractivity contribution >= 4 is 29.1 Å². The Kier molecular flexibility index (Phi) is 6.01. The summed E-state index contributed by atoms with van der Waals surface area (Å²) in [4.78, 5) is 24.7. The maximum absolute atomic E-state index is 12.5. The minimum absolute atomic E-state index is 0.176. The van der Waals surface area contributed by atoms with E-state index in [4.69, 9.17) is 16.3 Å². The lowest BCUT2D eigenvalue weighted by Gasteiger charge is -2.15. The summed E-state index contributed by atoms with van der Waals surface area (Å²) < 4.78 is 5.73. The summed E-state index contributed by atoms with van der Waals surface area (Å²) >= 11 is 5.87. The Bertz CT molecular complexity index is 799. The zero-order chi connectivity index (χ0) is 19.3. The zero-order valence-electron chi connectivity index (χ0n) is 15.3. The molecular formula is C21H23ClN2O3. The third-order valence-electron chi connectivity index (χ3n) is 4.59. The van der Waals surface area contributed by atoms with Gasteiger partial charge in [0.15, 0.2) is 0 Å². The zero-order valence-corrected chi connectivity index (χ0v) is 16.0. The molecule has 6 heteroatoms. The highest BCUT2D eigenvalue weighted by atomic mass is 35.5. The number of benzene rings is 2. The molecule has 3 rings (SSSR count). The van der Waals surface area contributed by atoms with Gasteiger partial charge in [0.2, 0.25) is 11.8 Å². The third-order valence-corrected chi connectivity index (χ3v) is 4.84. The molecular weight excluding hydrogens is 364 g/mol. The first-order valence-corrected chi connectivity index (χ1v) is 9.48. The summed E-state index contributed by atoms with van der Waals surface area (Å²) in [7, 11) is 0. The molecule has 0 unspecified atom stereocenters. The maximum Gasteiger partial charge on any atom is 0.240 e. The van der Waals surface area contributed by atoms with Crippen LogP contribution < -0.4 is 15.4 Å². The average Bonchev–Trinajstić information content (AvgIpc) is 3.49. The van der Waals surface area contributed by atoms with E-state index < -0.39 is 5.41 Å². The second-order valence-electron chi connectivity index (χ2n) is 6.73. The molecule has 2 N–H and O–H groups in total. The van der Waals surface area contributed by atoms with Crippen LogP contribution in [0.2, 0.25) is 5.02 Å². The van der Waals surface area contributed by atoms with Crippen molar-refractivity contribution in [1.29, 1.82) is 0 Å². The highest BCUT2D eigenvalue weighted by Gasteiger charge is 2.56. The number of carbonyl (C=O) groups is 2. The first-order valence-electron chi connectivity index (χ1n) is 9.10. The van der Waals surface area contributed by atoms with Crippen molar-refractivity contribution in [3.05, 3.63) is 59.1 Å². The second kappa shape index (κ2) is 8.44. The van der Waals surface area contributed by atoms with Crippen molar-refractivity contribution in [2.75, 3.05) is 11.9 Å². The highest BCUT2D eigenvalue weighted by Crippen LogP contribution is 2.46. The second-order valence-corrected chi connectivity index (χ2v) is 7.17. The van der Waals surface area contributed by atoms with Crippen molar-refractivity contribution in [1.82, 2.24) is 5.32 Å². The Morgan fingerprint density at radius 1 is 1.04 bits per heavy atom. The van der Waals surface area contributed by atoms with Gasteiger partial charge in [0.1, 0.15) is 17.8 Å². The number of hydrogen-bond donors (Lipinski definition) is 2. The molecule has 0 saturated heterocycles. The number of amides is 2. The van der Waals surface area contributed by atoms with Crippen LogP contribution in [0.4, 0.5) is 5.69 Å². The molecule has 0 aromatic heterocycles. The first-order chi connectivity index (χ1) is 13.0. The van der Waals surface area contributed by atoms with Crippen LogP contribution in [0.3, 0.4) is 0 Å². The van der Waals surface area contributed by atoms with Crippen LogP contribution in [0, 0.1) is 5.41 Å². The molecule has 2 aromatic rings. The van der Waals surface area contributed by atoms with Crippen molar-refractivity contribution < 1.29 is 14.3 Å². The van der Waals surface area contributed by atoms with E-state index >= 15 is 0 Å². The van der Waals surface area contributed by atoms with Crippen LogP contribution in [-0.4, -0.2) is 18.4 Å². The van der Waals surface area contributed by atoms with Gasteiger partial charge in [0.05, 0.1) is 0 Å². The predicted octanol–water partition coefficient (Wildman–Crippen LogP) is 4.16. The number of halogens is 1. The van der Waals surface area contributed by atoms with Crippen LogP contribution in [0.5, 0.6) is 5.75 Å². The molecule has 0 aliphatic heterocycles. The summed E-state index contributed by atoms with van der Waals surface area (Å²) in [6.07, 6.45) is 2.04. The lowest BCUT2D eigenvalue weighted by molar-refractivity contribution is -0.134. The van der Waals surface area contributed by atoms with E-state index in [-0.39, 0.29) is 11.8 Å². The Balaban J connectivity index is 1.53. The Hall–Kier alpha value is -2.53. The van der Waals surface area contributed by atoms with E-state index in [1.165, 1.54) is 0 Å². The molecule has 2 amide bonds. The number of rotatable bonds is 8. The van der Waals surface area contributed by atoms with E-state index in [9.17, 15) is 9.59 Å². The summed E-state index contributed by atoms with van der Waals surface area (Å²) in [6.45, 7) is 3.01. The predicted molar refractivity (Wildman–Crippen MR) is 106 cm³/mol. The first kappa shape index (κ1) is 19.2. The number of carbonyl (C=O) groups excluding carboxylic acids is 2. The lowest BCUT2D eigenvalue weighted by atomic mass is 10.0. The van der Waals surface area contributed by atoms with Gasteiger partial charge in [0, 0.05) is 17.3 Å². The molecule has 1 aliphatic rings. The summed E-state index contributed by atoms with van der Waals surface area (Å²) in [5.41, 5.74) is 0.762. The van der Waals surface area contributed by atoms with Crippen LogP contribution in [0.1, 0.15) is 31.7 Å². The molecule has 2 aromatic carbocycles. The van der Waals surface area contributed by atoms with Gasteiger partial charge in [-0.2, -0.15) is 0 Å². The van der Waals surface area contributed by atoms with Crippen LogP contribution in [0.15, 0.2) is 48.5 Å². The molecule has 1 aliphatic carbocycles. The van der Waals surface area contributed by atoms with Gasteiger partial charge < -0.3 is 15.4 Å². The average molecular weight is 387 g/mol. The SMILES string of the molecule is CCCNC(=O)C1(C(=O)Nc2ccc(OCc3ccc(Cl)cc3)cc2)CC1. The summed E-state index contributed by atoms with van der Waals surface area (Å²) in [5, 5.41) is 6.35. The molecule has 0 spiro atoms. The Labute approximate surface area is 164 Å². The van der Waals surface area contributed by atoms with E-state index in [1.54, 1.807) is 24.3 Å². The standard InChI is InChI=1S/C21H23ClN2O3/c1-2-13-23-19(25)21(11-12-21)20(26)24-17-7-9-18(10-8-17)27-14-15-3-5-16(22)6-4-15/h3-10H,2,11-14H2,1H3,(H,23,25)(H,24,26). The Morgan fingerprint density at radius 2 is 1.70 bits per heavy atom. The van der Waals surface area contributed by atoms with Gasteiger partial charge in [-0.25, -0.2) is 0 Å². The molecule has 27 heavy (non-hydrogen) atoms. The Morgan fingerprint density at radius 3 is 2.30 bits per heavy atom. The van der Waals surface area contributed by atoms with Crippen molar-refractivity contribution in [2.24, 2.45) is 5.41 Å². The fourth-order valence-electron chi connectivity index (χ4n) is 2.72. The van der Waals surface area contributed by atoms with E-state index in [2.05, 4.69) is 10.6 Å². The molecule has 0 radical (unpaired) electrons. The van der Waals surface area contributed by atoms with Gasteiger partial charge in [-0.1, -0.05) is 30.7 Å². The van der Waals surface area contributed by atoms with Gasteiger partial charge >= 0.3 is 0 Å². The molecule has 0 atom stereocenters. The minimum Gasteiger partial charge on any atom is -0.489 e. The smallest absolute Gasteiger partial charge is 0.240 e. The number of ether oxygens (including phenoxy) is 1. The molecule has 5 nitrogen and oxygen atoms in total. The highest BCUT2D eigenvalue weighted by molar-refractivity contribution is 6.30. The fourth-order valence-corrected chi connectivity index (χ4v) is 2.85.